The van der Waals surface area contributed by atoms with Gasteiger partial charge in [-0.15, -0.1) is 0 Å². The molecule has 0 atom stereocenters. The van der Waals surface area contributed by atoms with E-state index in [9.17, 15) is 9.59 Å². The molecule has 108 valence electrons. The van der Waals surface area contributed by atoms with Crippen LogP contribution >= 0.6 is 0 Å². The first-order chi connectivity index (χ1) is 9.44. The molecule has 1 aromatic carbocycles. The van der Waals surface area contributed by atoms with Gasteiger partial charge < -0.3 is 10.4 Å². The normalized spacial score (nSPS) is 17.5. The molecule has 0 aliphatic heterocycles. The summed E-state index contributed by atoms with van der Waals surface area (Å²) < 4.78 is 0. The highest BCUT2D eigenvalue weighted by Crippen LogP contribution is 2.37. The fourth-order valence-electron chi connectivity index (χ4n) is 2.84. The van der Waals surface area contributed by atoms with Gasteiger partial charge in [-0.3, -0.25) is 4.79 Å². The Morgan fingerprint density at radius 3 is 2.45 bits per heavy atom. The van der Waals surface area contributed by atoms with Crippen molar-refractivity contribution in [3.8, 4) is 0 Å². The largest absolute Gasteiger partial charge is 0.478 e. The number of carbonyl (C=O) groups is 2. The van der Waals surface area contributed by atoms with Gasteiger partial charge in [0.25, 0.3) is 0 Å². The van der Waals surface area contributed by atoms with Gasteiger partial charge in [0, 0.05) is 11.1 Å². The second-order valence-electron chi connectivity index (χ2n) is 5.86. The maximum atomic E-state index is 12.5. The number of anilines is 1. The minimum atomic E-state index is -0.970. The van der Waals surface area contributed by atoms with E-state index in [4.69, 9.17) is 5.11 Å². The average molecular weight is 275 g/mol. The Labute approximate surface area is 119 Å². The highest BCUT2D eigenvalue weighted by atomic mass is 16.4. The lowest BCUT2D eigenvalue weighted by Crippen LogP contribution is -2.35. The Morgan fingerprint density at radius 1 is 1.20 bits per heavy atom. The standard InChI is InChI=1S/C16H21NO3/c1-11-12(14(18)19)7-6-8-13(11)17-15(20)16(2)9-4-3-5-10-16/h6-8H,3-5,9-10H2,1-2H3,(H,17,20)(H,18,19). The SMILES string of the molecule is Cc1c(NC(=O)C2(C)CCCCC2)cccc1C(=O)O. The molecule has 20 heavy (non-hydrogen) atoms. The van der Waals surface area contributed by atoms with Crippen molar-refractivity contribution in [1.29, 1.82) is 0 Å². The van der Waals surface area contributed by atoms with E-state index in [-0.39, 0.29) is 16.9 Å². The number of rotatable bonds is 3. The van der Waals surface area contributed by atoms with Gasteiger partial charge in [0.05, 0.1) is 5.56 Å². The van der Waals surface area contributed by atoms with Gasteiger partial charge in [0.1, 0.15) is 0 Å². The van der Waals surface area contributed by atoms with E-state index < -0.39 is 5.97 Å². The number of hydrogen-bond acceptors (Lipinski definition) is 2. The third-order valence-corrected chi connectivity index (χ3v) is 4.32. The van der Waals surface area contributed by atoms with Gasteiger partial charge >= 0.3 is 5.97 Å². The summed E-state index contributed by atoms with van der Waals surface area (Å²) in [5.74, 6) is -0.967. The predicted octanol–water partition coefficient (Wildman–Crippen LogP) is 3.60. The predicted molar refractivity (Wildman–Crippen MR) is 78.0 cm³/mol. The van der Waals surface area contributed by atoms with Crippen LogP contribution in [0, 0.1) is 12.3 Å². The molecule has 1 aliphatic carbocycles. The van der Waals surface area contributed by atoms with Gasteiger partial charge in [-0.05, 0) is 37.5 Å². The van der Waals surface area contributed by atoms with Crippen LogP contribution in [0.25, 0.3) is 0 Å². The molecule has 0 spiro atoms. The summed E-state index contributed by atoms with van der Waals surface area (Å²) in [6.07, 6.45) is 5.15. The molecule has 1 amide bonds. The van der Waals surface area contributed by atoms with Gasteiger partial charge in [-0.2, -0.15) is 0 Å². The fourth-order valence-corrected chi connectivity index (χ4v) is 2.84. The van der Waals surface area contributed by atoms with Crippen molar-refractivity contribution in [2.45, 2.75) is 46.0 Å². The van der Waals surface area contributed by atoms with Crippen molar-refractivity contribution < 1.29 is 14.7 Å². The summed E-state index contributed by atoms with van der Waals surface area (Å²) in [4.78, 5) is 23.6. The Kier molecular flexibility index (Phi) is 4.12. The summed E-state index contributed by atoms with van der Waals surface area (Å²) in [5.41, 5.74) is 1.11. The number of aromatic carboxylic acids is 1. The zero-order chi connectivity index (χ0) is 14.8. The molecule has 2 rings (SSSR count). The summed E-state index contributed by atoms with van der Waals surface area (Å²) in [7, 11) is 0. The number of carboxylic acid groups (broad SMARTS) is 1. The van der Waals surface area contributed by atoms with Crippen molar-refractivity contribution in [3.05, 3.63) is 29.3 Å². The average Bonchev–Trinajstić information content (AvgIpc) is 2.41. The lowest BCUT2D eigenvalue weighted by atomic mass is 9.75. The summed E-state index contributed by atoms with van der Waals surface area (Å²) in [6, 6.07) is 4.97. The molecule has 0 unspecified atom stereocenters. The molecular weight excluding hydrogens is 254 g/mol. The monoisotopic (exact) mass is 275 g/mol. The minimum Gasteiger partial charge on any atom is -0.478 e. The van der Waals surface area contributed by atoms with Gasteiger partial charge in [0.2, 0.25) is 5.91 Å². The number of nitrogens with one attached hydrogen (secondary N) is 1. The van der Waals surface area contributed by atoms with Crippen molar-refractivity contribution in [1.82, 2.24) is 0 Å². The van der Waals surface area contributed by atoms with Crippen LogP contribution in [0.5, 0.6) is 0 Å². The molecule has 0 saturated heterocycles. The number of benzene rings is 1. The molecule has 0 heterocycles. The second kappa shape index (κ2) is 5.65. The maximum absolute atomic E-state index is 12.5. The minimum absolute atomic E-state index is 0.00263. The van der Waals surface area contributed by atoms with Crippen molar-refractivity contribution in [2.24, 2.45) is 5.41 Å². The zero-order valence-electron chi connectivity index (χ0n) is 12.0. The molecule has 4 nitrogen and oxygen atoms in total. The molecule has 2 N–H and O–H groups in total. The fraction of sp³-hybridized carbons (Fsp3) is 0.500. The number of hydrogen-bond donors (Lipinski definition) is 2. The van der Waals surface area contributed by atoms with Crippen LogP contribution in [0.15, 0.2) is 18.2 Å². The van der Waals surface area contributed by atoms with Gasteiger partial charge in [0.15, 0.2) is 0 Å². The molecule has 0 aromatic heterocycles. The molecule has 1 saturated carbocycles. The third kappa shape index (κ3) is 2.84. The third-order valence-electron chi connectivity index (χ3n) is 4.32. The van der Waals surface area contributed by atoms with Crippen LogP contribution in [0.2, 0.25) is 0 Å². The van der Waals surface area contributed by atoms with Crippen LogP contribution in [-0.4, -0.2) is 17.0 Å². The topological polar surface area (TPSA) is 66.4 Å². The highest BCUT2D eigenvalue weighted by molar-refractivity contribution is 5.98. The van der Waals surface area contributed by atoms with Crippen molar-refractivity contribution in [2.75, 3.05) is 5.32 Å². The van der Waals surface area contributed by atoms with Crippen LogP contribution in [0.4, 0.5) is 5.69 Å². The number of amides is 1. The van der Waals surface area contributed by atoms with E-state index in [1.165, 1.54) is 6.42 Å². The van der Waals surface area contributed by atoms with E-state index in [1.54, 1.807) is 25.1 Å². The summed E-state index contributed by atoms with van der Waals surface area (Å²) >= 11 is 0. The highest BCUT2D eigenvalue weighted by Gasteiger charge is 2.34. The maximum Gasteiger partial charge on any atom is 0.336 e. The molecule has 1 fully saturated rings. The Bertz CT molecular complexity index is 531. The van der Waals surface area contributed by atoms with E-state index in [0.29, 0.717) is 11.3 Å². The van der Waals surface area contributed by atoms with Gasteiger partial charge in [-0.1, -0.05) is 32.3 Å². The first kappa shape index (κ1) is 14.6. The zero-order valence-corrected chi connectivity index (χ0v) is 12.0. The van der Waals surface area contributed by atoms with Crippen LogP contribution in [0.3, 0.4) is 0 Å². The first-order valence-corrected chi connectivity index (χ1v) is 7.08. The Hall–Kier alpha value is -1.84. The lowest BCUT2D eigenvalue weighted by Gasteiger charge is -2.32. The van der Waals surface area contributed by atoms with Crippen LogP contribution in [0.1, 0.15) is 54.9 Å². The first-order valence-electron chi connectivity index (χ1n) is 7.08. The second-order valence-corrected chi connectivity index (χ2v) is 5.86. The Balaban J connectivity index is 2.19. The van der Waals surface area contributed by atoms with Crippen molar-refractivity contribution >= 4 is 17.6 Å². The lowest BCUT2D eigenvalue weighted by molar-refractivity contribution is -0.126. The molecule has 0 radical (unpaired) electrons. The summed E-state index contributed by atoms with van der Waals surface area (Å²) in [6.45, 7) is 3.72. The van der Waals surface area contributed by atoms with Crippen molar-refractivity contribution in [3.63, 3.8) is 0 Å². The number of carbonyl (C=O) groups excluding carboxylic acids is 1. The molecule has 1 aromatic rings. The molecular formula is C16H21NO3. The van der Waals surface area contributed by atoms with E-state index in [2.05, 4.69) is 5.32 Å². The smallest absolute Gasteiger partial charge is 0.336 e. The number of carboxylic acids is 1. The van der Waals surface area contributed by atoms with Crippen LogP contribution < -0.4 is 5.32 Å². The van der Waals surface area contributed by atoms with E-state index in [1.807, 2.05) is 6.92 Å². The van der Waals surface area contributed by atoms with Crippen LogP contribution in [-0.2, 0) is 4.79 Å². The molecule has 0 bridgehead atoms. The van der Waals surface area contributed by atoms with E-state index >= 15 is 0 Å². The van der Waals surface area contributed by atoms with Gasteiger partial charge in [-0.25, -0.2) is 4.79 Å². The summed E-state index contributed by atoms with van der Waals surface area (Å²) in [5, 5.41) is 12.0. The quantitative estimate of drug-likeness (QED) is 0.885. The Morgan fingerprint density at radius 2 is 1.85 bits per heavy atom. The van der Waals surface area contributed by atoms with E-state index in [0.717, 1.165) is 25.7 Å². The molecule has 1 aliphatic rings. The molecule has 4 heteroatoms.